The lowest BCUT2D eigenvalue weighted by atomic mass is 10.1. The fourth-order valence-corrected chi connectivity index (χ4v) is 3.47. The Hall–Kier alpha value is -3.29. The molecule has 2 aromatic heterocycles. The minimum atomic E-state index is -0.419. The third kappa shape index (κ3) is 2.72. The molecule has 0 atom stereocenters. The number of amides is 3. The normalized spacial score (nSPS) is 15.6. The molecule has 0 spiro atoms. The molecule has 28 heavy (non-hydrogen) atoms. The van der Waals surface area contributed by atoms with Gasteiger partial charge in [0.25, 0.3) is 5.91 Å². The number of hydrogen-bond acceptors (Lipinski definition) is 6. The maximum absolute atomic E-state index is 13.3. The topological polar surface area (TPSA) is 86.7 Å². The van der Waals surface area contributed by atoms with Gasteiger partial charge in [-0.15, -0.1) is 0 Å². The molecule has 3 amide bonds. The van der Waals surface area contributed by atoms with Gasteiger partial charge in [0.2, 0.25) is 11.8 Å². The van der Waals surface area contributed by atoms with Crippen molar-refractivity contribution in [3.8, 4) is 0 Å². The lowest BCUT2D eigenvalue weighted by Gasteiger charge is -2.27. The number of imide groups is 1. The van der Waals surface area contributed by atoms with Gasteiger partial charge in [-0.25, -0.2) is 14.9 Å². The van der Waals surface area contributed by atoms with E-state index < -0.39 is 11.8 Å². The van der Waals surface area contributed by atoms with Crippen LogP contribution in [0.5, 0.6) is 0 Å². The first-order chi connectivity index (χ1) is 13.3. The largest absolute Gasteiger partial charge is 0.305 e. The van der Waals surface area contributed by atoms with Crippen molar-refractivity contribution >= 4 is 40.9 Å². The van der Waals surface area contributed by atoms with E-state index in [9.17, 15) is 14.4 Å². The summed E-state index contributed by atoms with van der Waals surface area (Å²) >= 11 is 0. The first-order valence-electron chi connectivity index (χ1n) is 9.16. The van der Waals surface area contributed by atoms with E-state index in [2.05, 4.69) is 4.98 Å². The van der Waals surface area contributed by atoms with Crippen LogP contribution in [0.15, 0.2) is 24.4 Å². The summed E-state index contributed by atoms with van der Waals surface area (Å²) in [7, 11) is 1.65. The van der Waals surface area contributed by atoms with Gasteiger partial charge < -0.3 is 9.80 Å². The van der Waals surface area contributed by atoms with Crippen LogP contribution in [-0.4, -0.2) is 40.8 Å². The van der Waals surface area contributed by atoms with Crippen LogP contribution in [0.25, 0.3) is 0 Å². The van der Waals surface area contributed by atoms with Gasteiger partial charge in [0.1, 0.15) is 11.6 Å². The molecule has 8 heteroatoms. The van der Waals surface area contributed by atoms with Gasteiger partial charge in [0, 0.05) is 33.1 Å². The van der Waals surface area contributed by atoms with Crippen molar-refractivity contribution in [2.45, 2.75) is 39.7 Å². The Bertz CT molecular complexity index is 1010. The zero-order valence-electron chi connectivity index (χ0n) is 16.3. The van der Waals surface area contributed by atoms with E-state index >= 15 is 0 Å². The second-order valence-corrected chi connectivity index (χ2v) is 7.18. The van der Waals surface area contributed by atoms with E-state index in [4.69, 9.17) is 4.98 Å². The van der Waals surface area contributed by atoms with Gasteiger partial charge in [-0.2, -0.15) is 0 Å². The quantitative estimate of drug-likeness (QED) is 0.797. The number of rotatable bonds is 2. The molecule has 0 unspecified atom stereocenters. The van der Waals surface area contributed by atoms with Gasteiger partial charge in [-0.1, -0.05) is 0 Å². The third-order valence-electron chi connectivity index (χ3n) is 5.09. The molecule has 2 aliphatic rings. The highest BCUT2D eigenvalue weighted by atomic mass is 16.2. The molecule has 8 nitrogen and oxygen atoms in total. The van der Waals surface area contributed by atoms with E-state index in [1.165, 1.54) is 18.7 Å². The number of nitrogens with zero attached hydrogens (tertiary/aromatic N) is 5. The molecule has 1 aliphatic carbocycles. The van der Waals surface area contributed by atoms with Crippen molar-refractivity contribution in [2.75, 3.05) is 21.7 Å². The first-order valence-corrected chi connectivity index (χ1v) is 9.16. The van der Waals surface area contributed by atoms with Gasteiger partial charge in [-0.05, 0) is 43.5 Å². The van der Waals surface area contributed by atoms with E-state index in [0.717, 1.165) is 17.7 Å². The van der Waals surface area contributed by atoms with Crippen molar-refractivity contribution in [3.05, 3.63) is 35.5 Å². The highest BCUT2D eigenvalue weighted by Crippen LogP contribution is 2.46. The zero-order chi connectivity index (χ0) is 20.2. The number of anilines is 4. The number of carbonyl (C=O) groups is 3. The van der Waals surface area contributed by atoms with Gasteiger partial charge in [0.15, 0.2) is 5.82 Å². The number of aromatic nitrogens is 2. The Morgan fingerprint density at radius 1 is 1.21 bits per heavy atom. The molecule has 144 valence electrons. The van der Waals surface area contributed by atoms with E-state index in [1.807, 2.05) is 11.8 Å². The van der Waals surface area contributed by atoms with E-state index in [1.54, 1.807) is 31.4 Å². The molecule has 1 aliphatic heterocycles. The van der Waals surface area contributed by atoms with Crippen molar-refractivity contribution in [1.82, 2.24) is 9.97 Å². The molecule has 1 fully saturated rings. The zero-order valence-corrected chi connectivity index (χ0v) is 16.3. The summed E-state index contributed by atoms with van der Waals surface area (Å²) in [6.07, 6.45) is 3.51. The van der Waals surface area contributed by atoms with Crippen LogP contribution in [0.2, 0.25) is 0 Å². The minimum Gasteiger partial charge on any atom is -0.305 e. The number of carbonyl (C=O) groups excluding carboxylic acids is 3. The molecule has 0 bridgehead atoms. The standard InChI is InChI=1S/C20H21N5O3/c1-11-10-16(23(4)12(2)26)22-19-17(11)24(13(3)27)20(28)15-6-5-9-21-18(15)25(19)14-7-8-14/h5-6,9-10,14H,7-8H2,1-4H3. The van der Waals surface area contributed by atoms with Crippen LogP contribution in [0.4, 0.5) is 23.1 Å². The Morgan fingerprint density at radius 2 is 1.93 bits per heavy atom. The molecular weight excluding hydrogens is 358 g/mol. The smallest absolute Gasteiger partial charge is 0.268 e. The molecule has 0 saturated heterocycles. The summed E-state index contributed by atoms with van der Waals surface area (Å²) in [6, 6.07) is 5.24. The van der Waals surface area contributed by atoms with Gasteiger partial charge in [-0.3, -0.25) is 14.4 Å². The van der Waals surface area contributed by atoms with Crippen molar-refractivity contribution in [1.29, 1.82) is 0 Å². The van der Waals surface area contributed by atoms with Crippen molar-refractivity contribution < 1.29 is 14.4 Å². The SMILES string of the molecule is CC(=O)N(C)c1cc(C)c2c(n1)N(C1CC1)c1ncccc1C(=O)N2C(C)=O. The van der Waals surface area contributed by atoms with Crippen molar-refractivity contribution in [3.63, 3.8) is 0 Å². The van der Waals surface area contributed by atoms with Crippen LogP contribution in [-0.2, 0) is 9.59 Å². The highest BCUT2D eigenvalue weighted by molar-refractivity contribution is 6.25. The third-order valence-corrected chi connectivity index (χ3v) is 5.09. The molecular formula is C20H21N5O3. The molecule has 2 aromatic rings. The average Bonchev–Trinajstić information content (AvgIpc) is 3.48. The monoisotopic (exact) mass is 379 g/mol. The molecule has 0 N–H and O–H groups in total. The number of pyridine rings is 2. The van der Waals surface area contributed by atoms with Crippen LogP contribution >= 0.6 is 0 Å². The Kier molecular flexibility index (Phi) is 4.14. The second-order valence-electron chi connectivity index (χ2n) is 7.18. The average molecular weight is 379 g/mol. The van der Waals surface area contributed by atoms with Crippen LogP contribution in [0, 0.1) is 6.92 Å². The maximum atomic E-state index is 13.3. The highest BCUT2D eigenvalue weighted by Gasteiger charge is 2.42. The Balaban J connectivity index is 2.05. The fraction of sp³-hybridized carbons (Fsp3) is 0.350. The molecule has 4 rings (SSSR count). The summed E-state index contributed by atoms with van der Waals surface area (Å²) in [5, 5.41) is 0. The van der Waals surface area contributed by atoms with Crippen LogP contribution in [0.3, 0.4) is 0 Å². The molecule has 0 aromatic carbocycles. The molecule has 0 radical (unpaired) electrons. The first kappa shape index (κ1) is 18.1. The van der Waals surface area contributed by atoms with Crippen LogP contribution < -0.4 is 14.7 Å². The number of hydrogen-bond donors (Lipinski definition) is 0. The summed E-state index contributed by atoms with van der Waals surface area (Å²) in [5.41, 5.74) is 1.50. The summed E-state index contributed by atoms with van der Waals surface area (Å²) in [6.45, 7) is 4.64. The summed E-state index contributed by atoms with van der Waals surface area (Å²) in [4.78, 5) is 51.3. The van der Waals surface area contributed by atoms with Gasteiger partial charge in [0.05, 0.1) is 11.3 Å². The Morgan fingerprint density at radius 3 is 2.54 bits per heavy atom. The van der Waals surface area contributed by atoms with Crippen LogP contribution in [0.1, 0.15) is 42.6 Å². The lowest BCUT2D eigenvalue weighted by molar-refractivity contribution is -0.117. The minimum absolute atomic E-state index is 0.150. The van der Waals surface area contributed by atoms with Gasteiger partial charge >= 0.3 is 0 Å². The summed E-state index contributed by atoms with van der Waals surface area (Å²) < 4.78 is 0. The molecule has 1 saturated carbocycles. The Labute approximate surface area is 162 Å². The molecule has 3 heterocycles. The fourth-order valence-electron chi connectivity index (χ4n) is 3.47. The van der Waals surface area contributed by atoms with E-state index in [-0.39, 0.29) is 11.9 Å². The van der Waals surface area contributed by atoms with Crippen molar-refractivity contribution in [2.24, 2.45) is 0 Å². The predicted octanol–water partition coefficient (Wildman–Crippen LogP) is 2.57. The number of aryl methyl sites for hydroxylation is 1. The lowest BCUT2D eigenvalue weighted by Crippen LogP contribution is -2.35. The number of fused-ring (bicyclic) bond motifs is 2. The maximum Gasteiger partial charge on any atom is 0.268 e. The second kappa shape index (κ2) is 6.40. The van der Waals surface area contributed by atoms with E-state index in [0.29, 0.717) is 34.3 Å². The summed E-state index contributed by atoms with van der Waals surface area (Å²) in [5.74, 6) is 0.469. The predicted molar refractivity (Wildman–Crippen MR) is 105 cm³/mol.